The highest BCUT2D eigenvalue weighted by molar-refractivity contribution is 6.29. The van der Waals surface area contributed by atoms with Gasteiger partial charge in [-0.05, 0) is 121 Å². The molecule has 3 aliphatic rings. The molecule has 106 heavy (non-hydrogen) atoms. The van der Waals surface area contributed by atoms with E-state index >= 15 is 0 Å². The predicted octanol–water partition coefficient (Wildman–Crippen LogP) is 18.1. The Morgan fingerprint density at radius 2 is 0.434 bits per heavy atom. The first-order chi connectivity index (χ1) is 51.8. The average molecular weight is 1380 g/mol. The van der Waals surface area contributed by atoms with Gasteiger partial charge in [-0.25, -0.2) is 29.9 Å². The molecule has 0 saturated heterocycles. The van der Waals surface area contributed by atoms with Crippen LogP contribution in [-0.2, 0) is 0 Å². The molecule has 0 unspecified atom stereocenters. The topological polar surface area (TPSA) is 202 Å². The molecule has 0 radical (unpaired) electrons. The molecular formula is C90H58N10O6. The minimum absolute atomic E-state index is 0.261. The van der Waals surface area contributed by atoms with Gasteiger partial charge in [0.05, 0.1) is 0 Å². The van der Waals surface area contributed by atoms with Gasteiger partial charge < -0.3 is 0 Å². The van der Waals surface area contributed by atoms with Gasteiger partial charge in [0, 0.05) is 116 Å². The third-order valence-corrected chi connectivity index (χ3v) is 19.6. The molecule has 16 nitrogen and oxygen atoms in total. The Morgan fingerprint density at radius 1 is 0.189 bits per heavy atom. The molecule has 6 heterocycles. The maximum Gasteiger partial charge on any atom is 0.261 e. The van der Waals surface area contributed by atoms with Crippen LogP contribution in [0.3, 0.4) is 0 Å². The molecule has 16 aromatic rings. The Labute approximate surface area is 607 Å². The van der Waals surface area contributed by atoms with Crippen LogP contribution in [-0.4, -0.2) is 106 Å². The molecule has 13 aromatic carbocycles. The molecule has 6 amide bonds. The zero-order chi connectivity index (χ0) is 72.3. The van der Waals surface area contributed by atoms with Crippen molar-refractivity contribution in [1.82, 2.24) is 49.6 Å². The summed E-state index contributed by atoms with van der Waals surface area (Å²) in [5.41, 5.74) is 14.6. The monoisotopic (exact) mass is 1370 g/mol. The highest BCUT2D eigenvalue weighted by Crippen LogP contribution is 2.43. The van der Waals surface area contributed by atoms with Gasteiger partial charge in [0.25, 0.3) is 35.4 Å². The second kappa shape index (κ2) is 26.8. The lowest BCUT2D eigenvalue weighted by atomic mass is 9.86. The second-order valence-corrected chi connectivity index (χ2v) is 25.8. The lowest BCUT2D eigenvalue weighted by Gasteiger charge is -2.25. The van der Waals surface area contributed by atoms with Crippen LogP contribution in [0.5, 0.6) is 0 Å². The van der Waals surface area contributed by atoms with Crippen molar-refractivity contribution < 1.29 is 28.8 Å². The van der Waals surface area contributed by atoms with Crippen molar-refractivity contribution in [1.29, 1.82) is 0 Å². The van der Waals surface area contributed by atoms with Gasteiger partial charge in [0.15, 0.2) is 34.9 Å². The molecule has 0 fully saturated rings. The number of nitrogens with zero attached hydrogens (tertiary/aromatic N) is 10. The maximum atomic E-state index is 12.9. The van der Waals surface area contributed by atoms with Crippen molar-refractivity contribution in [2.45, 2.75) is 0 Å². The fourth-order valence-electron chi connectivity index (χ4n) is 14.3. The van der Waals surface area contributed by atoms with Gasteiger partial charge in [0.2, 0.25) is 0 Å². The molecule has 0 N–H and O–H groups in total. The normalized spacial score (nSPS) is 12.9. The molecule has 3 aliphatic heterocycles. The first kappa shape index (κ1) is 64.8. The van der Waals surface area contributed by atoms with Crippen molar-refractivity contribution in [3.8, 4) is 102 Å². The number of fused-ring (bicyclic) bond motifs is 1. The summed E-state index contributed by atoms with van der Waals surface area (Å²) in [5.74, 6) is 1.35. The molecule has 0 bridgehead atoms. The van der Waals surface area contributed by atoms with Crippen LogP contribution in [0.2, 0.25) is 0 Å². The Bertz CT molecular complexity index is 6200. The molecular weight excluding hydrogens is 1320 g/mol. The summed E-state index contributed by atoms with van der Waals surface area (Å²) in [7, 11) is 4.55. The summed E-state index contributed by atoms with van der Waals surface area (Å²) in [5, 5.41) is 6.68. The van der Waals surface area contributed by atoms with Crippen molar-refractivity contribution >= 4 is 78.5 Å². The number of benzene rings is 13. The number of aromatic nitrogens is 7. The van der Waals surface area contributed by atoms with Crippen molar-refractivity contribution in [3.63, 3.8) is 0 Å². The fraction of sp³-hybridized carbons (Fsp3) is 0.0333. The van der Waals surface area contributed by atoms with E-state index in [9.17, 15) is 28.8 Å². The number of rotatable bonds is 9. The summed E-state index contributed by atoms with van der Waals surface area (Å²) >= 11 is 0. The van der Waals surface area contributed by atoms with Crippen LogP contribution in [0.15, 0.2) is 298 Å². The summed E-state index contributed by atoms with van der Waals surface area (Å²) < 4.78 is 0. The van der Waals surface area contributed by atoms with E-state index in [1.807, 2.05) is 206 Å². The summed E-state index contributed by atoms with van der Waals surface area (Å²) in [6.45, 7) is 0. The summed E-state index contributed by atoms with van der Waals surface area (Å²) in [4.78, 5) is 114. The Kier molecular flexibility index (Phi) is 16.4. The smallest absolute Gasteiger partial charge is 0.261 e. The predicted molar refractivity (Wildman–Crippen MR) is 412 cm³/mol. The first-order valence-corrected chi connectivity index (χ1v) is 34.3. The molecule has 504 valence electrons. The van der Waals surface area contributed by atoms with Crippen LogP contribution in [0.4, 0.5) is 0 Å². The van der Waals surface area contributed by atoms with E-state index in [0.717, 1.165) is 109 Å². The Balaban J connectivity index is 0.000000118. The maximum absolute atomic E-state index is 12.9. The van der Waals surface area contributed by atoms with E-state index in [2.05, 4.69) is 53.5 Å². The summed E-state index contributed by atoms with van der Waals surface area (Å²) in [6.07, 6.45) is 3.60. The van der Waals surface area contributed by atoms with Crippen LogP contribution >= 0.6 is 0 Å². The number of hydrogen-bond acceptors (Lipinski definition) is 13. The van der Waals surface area contributed by atoms with Gasteiger partial charge in [-0.2, -0.15) is 0 Å². The molecule has 3 aromatic heterocycles. The largest absolute Gasteiger partial charge is 0.277 e. The highest BCUT2D eigenvalue weighted by Gasteiger charge is 2.35. The lowest BCUT2D eigenvalue weighted by Crippen LogP contribution is -2.36. The minimum Gasteiger partial charge on any atom is -0.277 e. The zero-order valence-electron chi connectivity index (χ0n) is 57.2. The number of amides is 6. The fourth-order valence-corrected chi connectivity index (χ4v) is 14.3. The van der Waals surface area contributed by atoms with E-state index in [1.165, 1.54) is 26.0 Å². The van der Waals surface area contributed by atoms with E-state index in [1.54, 1.807) is 42.7 Å². The second-order valence-electron chi connectivity index (χ2n) is 25.8. The van der Waals surface area contributed by atoms with E-state index in [4.69, 9.17) is 29.9 Å². The van der Waals surface area contributed by atoms with E-state index < -0.39 is 0 Å². The van der Waals surface area contributed by atoms with Crippen LogP contribution in [0.1, 0.15) is 62.1 Å². The molecule has 19 rings (SSSR count). The van der Waals surface area contributed by atoms with Crippen LogP contribution in [0.25, 0.3) is 145 Å². The Hall–Kier alpha value is -14.5. The van der Waals surface area contributed by atoms with Gasteiger partial charge in [-0.15, -0.1) is 0 Å². The number of carbonyl (C=O) groups excluding carboxylic acids is 6. The van der Waals surface area contributed by atoms with Gasteiger partial charge in [-0.1, -0.05) is 224 Å². The standard InChI is InChI=1S/C34H22N4O2.C28H18N4O2.C28H18N2O2/c1-38-33(39)27-14-8-13-25-26(19-20-28(29(25)27)34(38)40)32-36-30(23-11-6-3-7-12-23)35-31(37-32)24-17-15-22(16-18-24)21-9-4-2-5-10-21;1-32-27(33)21-14-8-13-19-20(15-16-22(23(19)21)28(32)34)26-30-24(17-9-4-2-5-10-17)29-25(31-26)18-11-6-3-7-12-18;1-30-27(31)24-8-4-7-23-22(11-12-25(26(23)24)28(30)32)21-10-9-18(17-13-15-29-16-14-17)19-5-2-3-6-20(19)21/h2-20H,1H3;2-16H,1H3;2-16H,1H3. The van der Waals surface area contributed by atoms with Gasteiger partial charge in [0.1, 0.15) is 0 Å². The number of hydrogen-bond donors (Lipinski definition) is 0. The zero-order valence-corrected chi connectivity index (χ0v) is 57.2. The third-order valence-electron chi connectivity index (χ3n) is 19.6. The quantitative estimate of drug-likeness (QED) is 0.124. The highest BCUT2D eigenvalue weighted by atomic mass is 16.2. The number of pyridine rings is 1. The van der Waals surface area contributed by atoms with Crippen molar-refractivity contribution in [2.75, 3.05) is 21.1 Å². The van der Waals surface area contributed by atoms with Crippen LogP contribution in [0, 0.1) is 0 Å². The van der Waals surface area contributed by atoms with Gasteiger partial charge >= 0.3 is 0 Å². The molecule has 0 atom stereocenters. The van der Waals surface area contributed by atoms with Crippen molar-refractivity contribution in [2.24, 2.45) is 0 Å². The van der Waals surface area contributed by atoms with E-state index in [-0.39, 0.29) is 35.4 Å². The molecule has 0 aliphatic carbocycles. The number of imide groups is 3. The molecule has 0 saturated carbocycles. The molecule has 16 heteroatoms. The third kappa shape index (κ3) is 11.3. The summed E-state index contributed by atoms with van der Waals surface area (Å²) in [6, 6.07) is 91.9. The number of carbonyl (C=O) groups is 6. The lowest BCUT2D eigenvalue weighted by molar-refractivity contribution is 0.0635. The van der Waals surface area contributed by atoms with Gasteiger partial charge in [-0.3, -0.25) is 48.5 Å². The molecule has 0 spiro atoms. The average Bonchev–Trinajstić information content (AvgIpc) is 0.766. The van der Waals surface area contributed by atoms with Crippen LogP contribution < -0.4 is 0 Å². The first-order valence-electron chi connectivity index (χ1n) is 34.3. The Morgan fingerprint density at radius 3 is 0.811 bits per heavy atom. The van der Waals surface area contributed by atoms with E-state index in [0.29, 0.717) is 79.1 Å². The van der Waals surface area contributed by atoms with Crippen molar-refractivity contribution in [3.05, 3.63) is 331 Å². The minimum atomic E-state index is -0.319. The SMILES string of the molecule is CN1C(=O)c2cccc3c(-c4ccc(-c5ccncc5)c5ccccc45)ccc(c23)C1=O.CN1C(=O)c2cccc3c(-c4nc(-c5ccccc5)nc(-c5ccc(-c6ccccc6)cc5)n4)ccc(c23)C1=O.CN1C(=O)c2cccc3c(-c4nc(-c5ccccc5)nc(-c5ccccc5)n4)ccc(c23)C1=O.